The maximum Gasteiger partial charge on any atom is 0.364 e. The Bertz CT molecular complexity index is 751. The smallest absolute Gasteiger partial charge is 0.364 e. The summed E-state index contributed by atoms with van der Waals surface area (Å²) in [4.78, 5) is 0. The van der Waals surface area contributed by atoms with E-state index in [2.05, 4.69) is 0 Å². The zero-order chi connectivity index (χ0) is 20.2. The zero-order valence-electron chi connectivity index (χ0n) is 16.0. The van der Waals surface area contributed by atoms with Gasteiger partial charge < -0.3 is 14.2 Å². The fourth-order valence-corrected chi connectivity index (χ4v) is 4.39. The molecule has 26 heavy (non-hydrogen) atoms. The van der Waals surface area contributed by atoms with E-state index < -0.39 is 24.6 Å². The van der Waals surface area contributed by atoms with Gasteiger partial charge in [0.05, 0.1) is 11.2 Å². The van der Waals surface area contributed by atoms with Crippen molar-refractivity contribution in [2.45, 2.75) is 58.6 Å². The van der Waals surface area contributed by atoms with Crippen LogP contribution in [-0.4, -0.2) is 16.3 Å². The third-order valence-corrected chi connectivity index (χ3v) is 5.39. The highest BCUT2D eigenvalue weighted by Crippen LogP contribution is 2.63. The van der Waals surface area contributed by atoms with Crippen LogP contribution in [0.1, 0.15) is 58.5 Å². The lowest BCUT2D eigenvalue weighted by Gasteiger charge is -2.34. The van der Waals surface area contributed by atoms with E-state index in [4.69, 9.17) is 19.6 Å². The van der Waals surface area contributed by atoms with E-state index >= 15 is 0 Å². The Labute approximate surface area is 155 Å². The third-order valence-electron chi connectivity index (χ3n) is 2.89. The highest BCUT2D eigenvalue weighted by molar-refractivity contribution is 7.54. The van der Waals surface area contributed by atoms with Gasteiger partial charge >= 0.3 is 7.60 Å². The molecule has 1 atom stereocenters. The molecule has 1 aromatic carbocycles. The minimum Gasteiger partial charge on any atom is -0.376 e. The van der Waals surface area contributed by atoms with Gasteiger partial charge in [-0.1, -0.05) is 24.3 Å². The molecule has 140 valence electrons. The van der Waals surface area contributed by atoms with Crippen molar-refractivity contribution >= 4 is 13.7 Å². The SMILES string of the molecule is CC(C)(C)OP(=O)(OC(C)(C)C)C(O)c1ccc(C=C(C#N)C#N)cc1. The molecule has 1 rings (SSSR count). The van der Waals surface area contributed by atoms with Gasteiger partial charge in [-0.05, 0) is 58.7 Å². The van der Waals surface area contributed by atoms with Gasteiger partial charge in [-0.3, -0.25) is 4.57 Å². The van der Waals surface area contributed by atoms with Gasteiger partial charge in [-0.2, -0.15) is 10.5 Å². The van der Waals surface area contributed by atoms with Crippen LogP contribution in [-0.2, 0) is 13.6 Å². The lowest BCUT2D eigenvalue weighted by molar-refractivity contribution is 0.0271. The number of nitrogens with zero attached hydrogens (tertiary/aromatic N) is 2. The van der Waals surface area contributed by atoms with E-state index in [-0.39, 0.29) is 5.57 Å². The normalized spacial score (nSPS) is 13.4. The molecule has 0 aliphatic rings. The molecule has 0 amide bonds. The molecular formula is C19H25N2O4P. The van der Waals surface area contributed by atoms with Crippen molar-refractivity contribution in [3.63, 3.8) is 0 Å². The number of aliphatic hydroxyl groups excluding tert-OH is 1. The molecule has 0 saturated carbocycles. The molecule has 0 aliphatic heterocycles. The largest absolute Gasteiger partial charge is 0.376 e. The Morgan fingerprint density at radius 2 is 1.46 bits per heavy atom. The minimum atomic E-state index is -3.89. The van der Waals surface area contributed by atoms with Crippen molar-refractivity contribution in [2.24, 2.45) is 0 Å². The monoisotopic (exact) mass is 376 g/mol. The summed E-state index contributed by atoms with van der Waals surface area (Å²) in [6, 6.07) is 9.92. The van der Waals surface area contributed by atoms with Crippen molar-refractivity contribution in [1.82, 2.24) is 0 Å². The van der Waals surface area contributed by atoms with Gasteiger partial charge in [-0.15, -0.1) is 0 Å². The van der Waals surface area contributed by atoms with Crippen LogP contribution in [0.15, 0.2) is 29.8 Å². The summed E-state index contributed by atoms with van der Waals surface area (Å²) < 4.78 is 24.6. The van der Waals surface area contributed by atoms with Crippen molar-refractivity contribution in [3.8, 4) is 12.1 Å². The first-order chi connectivity index (χ1) is 11.8. The lowest BCUT2D eigenvalue weighted by Crippen LogP contribution is -2.26. The topological polar surface area (TPSA) is 103 Å². The quantitative estimate of drug-likeness (QED) is 0.577. The predicted octanol–water partition coefficient (Wildman–Crippen LogP) is 4.93. The van der Waals surface area contributed by atoms with Crippen molar-refractivity contribution in [1.29, 1.82) is 10.5 Å². The van der Waals surface area contributed by atoms with Crippen LogP contribution in [0.4, 0.5) is 0 Å². The standard InChI is InChI=1S/C19H25N2O4P/c1-18(2,3)24-26(23,25-19(4,5)6)17(22)16-9-7-14(8-10-16)11-15(12-20)13-21/h7-11,17,22H,1-6H3. The van der Waals surface area contributed by atoms with E-state index in [0.29, 0.717) is 11.1 Å². The number of aliphatic hydroxyl groups is 1. The van der Waals surface area contributed by atoms with Crippen LogP contribution in [0.5, 0.6) is 0 Å². The van der Waals surface area contributed by atoms with Gasteiger partial charge in [0.2, 0.25) is 0 Å². The molecule has 0 heterocycles. The molecule has 0 bridgehead atoms. The van der Waals surface area contributed by atoms with E-state index in [0.717, 1.165) is 0 Å². The molecule has 6 nitrogen and oxygen atoms in total. The average molecular weight is 376 g/mol. The van der Waals surface area contributed by atoms with E-state index in [9.17, 15) is 9.67 Å². The second kappa shape index (κ2) is 8.16. The van der Waals surface area contributed by atoms with Crippen LogP contribution < -0.4 is 0 Å². The Kier molecular flexibility index (Phi) is 6.94. The van der Waals surface area contributed by atoms with Crippen molar-refractivity contribution < 1.29 is 18.7 Å². The van der Waals surface area contributed by atoms with E-state index in [1.807, 2.05) is 0 Å². The maximum atomic E-state index is 13.3. The number of hydrogen-bond donors (Lipinski definition) is 1. The number of allylic oxidation sites excluding steroid dienone is 1. The summed E-state index contributed by atoms with van der Waals surface area (Å²) >= 11 is 0. The molecule has 0 fully saturated rings. The molecule has 0 saturated heterocycles. The third kappa shape index (κ3) is 6.75. The predicted molar refractivity (Wildman–Crippen MR) is 99.9 cm³/mol. The van der Waals surface area contributed by atoms with Crippen LogP contribution in [0.3, 0.4) is 0 Å². The Balaban J connectivity index is 3.22. The van der Waals surface area contributed by atoms with Crippen LogP contribution >= 0.6 is 7.60 Å². The van der Waals surface area contributed by atoms with Gasteiger partial charge in [0.15, 0.2) is 5.85 Å². The zero-order valence-corrected chi connectivity index (χ0v) is 16.9. The molecule has 0 aromatic heterocycles. The molecule has 7 heteroatoms. The molecule has 0 spiro atoms. The summed E-state index contributed by atoms with van der Waals surface area (Å²) in [6.45, 7) is 10.4. The summed E-state index contributed by atoms with van der Waals surface area (Å²) in [5, 5.41) is 28.3. The number of rotatable bonds is 5. The molecule has 1 unspecified atom stereocenters. The molecule has 0 radical (unpaired) electrons. The second-order valence-electron chi connectivity index (χ2n) is 7.77. The molecule has 1 aromatic rings. The Morgan fingerprint density at radius 3 is 1.81 bits per heavy atom. The van der Waals surface area contributed by atoms with Crippen LogP contribution in [0.2, 0.25) is 0 Å². The van der Waals surface area contributed by atoms with Gasteiger partial charge in [0.25, 0.3) is 0 Å². The van der Waals surface area contributed by atoms with Gasteiger partial charge in [0, 0.05) is 0 Å². The van der Waals surface area contributed by atoms with E-state index in [1.165, 1.54) is 6.08 Å². The highest BCUT2D eigenvalue weighted by Gasteiger charge is 2.42. The summed E-state index contributed by atoms with van der Waals surface area (Å²) in [5.41, 5.74) is -0.620. The maximum absolute atomic E-state index is 13.3. The summed E-state index contributed by atoms with van der Waals surface area (Å²) in [6.07, 6.45) is 1.42. The molecule has 0 aliphatic carbocycles. The fourth-order valence-electron chi connectivity index (χ4n) is 2.09. The molecule has 1 N–H and O–H groups in total. The van der Waals surface area contributed by atoms with Crippen LogP contribution in [0.25, 0.3) is 6.08 Å². The fraction of sp³-hybridized carbons (Fsp3) is 0.474. The van der Waals surface area contributed by atoms with Crippen molar-refractivity contribution in [3.05, 3.63) is 41.0 Å². The van der Waals surface area contributed by atoms with Gasteiger partial charge in [-0.25, -0.2) is 0 Å². The van der Waals surface area contributed by atoms with Crippen LogP contribution in [0, 0.1) is 22.7 Å². The first kappa shape index (κ1) is 22.1. The minimum absolute atomic E-state index is 0.0314. The highest BCUT2D eigenvalue weighted by atomic mass is 31.2. The summed E-state index contributed by atoms with van der Waals surface area (Å²) in [5.74, 6) is -1.47. The Hall–Kier alpha value is -1.95. The molecular weight excluding hydrogens is 351 g/mol. The second-order valence-corrected chi connectivity index (χ2v) is 9.70. The number of benzene rings is 1. The van der Waals surface area contributed by atoms with Crippen molar-refractivity contribution in [2.75, 3.05) is 0 Å². The lowest BCUT2D eigenvalue weighted by atomic mass is 10.1. The average Bonchev–Trinajstić information content (AvgIpc) is 2.48. The number of hydrogen-bond acceptors (Lipinski definition) is 6. The van der Waals surface area contributed by atoms with Gasteiger partial charge in [0.1, 0.15) is 17.7 Å². The first-order valence-corrected chi connectivity index (χ1v) is 9.72. The number of nitriles is 2. The Morgan fingerprint density at radius 1 is 1.04 bits per heavy atom. The first-order valence-electron chi connectivity index (χ1n) is 8.11. The summed E-state index contributed by atoms with van der Waals surface area (Å²) in [7, 11) is -3.89. The van der Waals surface area contributed by atoms with E-state index in [1.54, 1.807) is 77.9 Å².